The molecular weight excluding hydrogens is 435 g/mol. The molecule has 0 aliphatic rings. The molecule has 4 rings (SSSR count). The number of fused-ring (bicyclic) bond motifs is 1. The second-order valence-electron chi connectivity index (χ2n) is 6.56. The zero-order valence-electron chi connectivity index (χ0n) is 15.3. The van der Waals surface area contributed by atoms with Crippen molar-refractivity contribution in [2.45, 2.75) is 12.3 Å². The monoisotopic (exact) mass is 449 g/mol. The van der Waals surface area contributed by atoms with Gasteiger partial charge >= 0.3 is 6.18 Å². The number of hydrogen-bond donors (Lipinski definition) is 2. The van der Waals surface area contributed by atoms with Crippen molar-refractivity contribution in [3.8, 4) is 11.3 Å². The zero-order valence-corrected chi connectivity index (χ0v) is 16.9. The number of nitrogens with one attached hydrogen (secondary N) is 1. The van der Waals surface area contributed by atoms with Crippen LogP contribution in [-0.4, -0.2) is 21.6 Å². The number of aromatic nitrogens is 2. The van der Waals surface area contributed by atoms with Crippen LogP contribution in [0.4, 0.5) is 19.0 Å². The van der Waals surface area contributed by atoms with Crippen LogP contribution in [0.25, 0.3) is 21.3 Å². The molecule has 9 heteroatoms. The number of benzene rings is 2. The number of thiophene rings is 1. The fraction of sp³-hybridized carbons (Fsp3) is 0.143. The van der Waals surface area contributed by atoms with Crippen molar-refractivity contribution in [1.82, 2.24) is 9.97 Å². The van der Waals surface area contributed by atoms with Crippen LogP contribution >= 0.6 is 22.9 Å². The lowest BCUT2D eigenvalue weighted by Gasteiger charge is -2.13. The molecule has 2 heterocycles. The first kappa shape index (κ1) is 20.6. The average molecular weight is 450 g/mol. The number of aliphatic hydroxyl groups is 1. The fourth-order valence-electron chi connectivity index (χ4n) is 3.08. The summed E-state index contributed by atoms with van der Waals surface area (Å²) in [5, 5.41) is 16.2. The number of rotatable bonds is 5. The SMILES string of the molecule is OC(CNc1cc(-c2ccc(C(F)(F)F)c(Cl)c2)ncn1)c1csc2ccccc12. The molecule has 0 fully saturated rings. The second kappa shape index (κ2) is 8.22. The molecule has 2 aromatic heterocycles. The Kier molecular flexibility index (Phi) is 5.64. The molecule has 2 aromatic carbocycles. The maximum Gasteiger partial charge on any atom is 0.417 e. The summed E-state index contributed by atoms with van der Waals surface area (Å²) in [4.78, 5) is 8.22. The lowest BCUT2D eigenvalue weighted by molar-refractivity contribution is -0.137. The van der Waals surface area contributed by atoms with Crippen LogP contribution < -0.4 is 5.32 Å². The van der Waals surface area contributed by atoms with Gasteiger partial charge in [-0.3, -0.25) is 0 Å². The van der Waals surface area contributed by atoms with Crippen LogP contribution in [0, 0.1) is 0 Å². The van der Waals surface area contributed by atoms with E-state index >= 15 is 0 Å². The Hall–Kier alpha value is -2.68. The van der Waals surface area contributed by atoms with Gasteiger partial charge in [0.2, 0.25) is 0 Å². The van der Waals surface area contributed by atoms with Gasteiger partial charge in [-0.15, -0.1) is 11.3 Å². The van der Waals surface area contributed by atoms with E-state index in [1.807, 2.05) is 29.6 Å². The topological polar surface area (TPSA) is 58.0 Å². The largest absolute Gasteiger partial charge is 0.417 e. The third-order valence-electron chi connectivity index (χ3n) is 4.58. The number of halogens is 4. The van der Waals surface area contributed by atoms with E-state index in [0.717, 1.165) is 21.7 Å². The summed E-state index contributed by atoms with van der Waals surface area (Å²) >= 11 is 7.36. The summed E-state index contributed by atoms with van der Waals surface area (Å²) in [7, 11) is 0. The van der Waals surface area contributed by atoms with Crippen molar-refractivity contribution in [2.24, 2.45) is 0 Å². The molecule has 0 amide bonds. The third kappa shape index (κ3) is 4.26. The first-order valence-electron chi connectivity index (χ1n) is 8.90. The Labute approximate surface area is 179 Å². The lowest BCUT2D eigenvalue weighted by atomic mass is 10.1. The molecule has 0 saturated carbocycles. The third-order valence-corrected chi connectivity index (χ3v) is 5.88. The molecule has 0 spiro atoms. The molecule has 0 saturated heterocycles. The average Bonchev–Trinajstić information content (AvgIpc) is 3.15. The Morgan fingerprint density at radius 1 is 1.10 bits per heavy atom. The molecule has 154 valence electrons. The summed E-state index contributed by atoms with van der Waals surface area (Å²) in [5.74, 6) is 0.439. The zero-order chi connectivity index (χ0) is 21.3. The van der Waals surface area contributed by atoms with Gasteiger partial charge in [0.1, 0.15) is 12.1 Å². The van der Waals surface area contributed by atoms with Crippen molar-refractivity contribution in [2.75, 3.05) is 11.9 Å². The van der Waals surface area contributed by atoms with E-state index in [2.05, 4.69) is 15.3 Å². The second-order valence-corrected chi connectivity index (χ2v) is 7.88. The maximum atomic E-state index is 12.9. The van der Waals surface area contributed by atoms with Gasteiger partial charge < -0.3 is 10.4 Å². The fourth-order valence-corrected chi connectivity index (χ4v) is 4.38. The molecule has 4 aromatic rings. The minimum Gasteiger partial charge on any atom is -0.387 e. The van der Waals surface area contributed by atoms with Gasteiger partial charge in [-0.05, 0) is 29.0 Å². The molecule has 4 nitrogen and oxygen atoms in total. The normalized spacial score (nSPS) is 12.8. The Balaban J connectivity index is 1.51. The molecular formula is C21H15ClF3N3OS. The summed E-state index contributed by atoms with van der Waals surface area (Å²) in [5.41, 5.74) is 0.778. The van der Waals surface area contributed by atoms with Gasteiger partial charge in [0.05, 0.1) is 22.4 Å². The molecule has 2 N–H and O–H groups in total. The highest BCUT2D eigenvalue weighted by Gasteiger charge is 2.33. The predicted molar refractivity (Wildman–Crippen MR) is 113 cm³/mol. The van der Waals surface area contributed by atoms with Gasteiger partial charge in [-0.25, -0.2) is 9.97 Å². The number of nitrogens with zero attached hydrogens (tertiary/aromatic N) is 2. The van der Waals surface area contributed by atoms with E-state index in [0.29, 0.717) is 17.1 Å². The molecule has 1 atom stereocenters. The maximum absolute atomic E-state index is 12.9. The van der Waals surface area contributed by atoms with Crippen LogP contribution in [0.2, 0.25) is 5.02 Å². The smallest absolute Gasteiger partial charge is 0.387 e. The van der Waals surface area contributed by atoms with E-state index in [1.54, 1.807) is 17.4 Å². The highest BCUT2D eigenvalue weighted by molar-refractivity contribution is 7.17. The number of aliphatic hydroxyl groups excluding tert-OH is 1. The van der Waals surface area contributed by atoms with Crippen molar-refractivity contribution in [3.05, 3.63) is 76.4 Å². The first-order valence-corrected chi connectivity index (χ1v) is 10.2. The summed E-state index contributed by atoms with van der Waals surface area (Å²) < 4.78 is 39.8. The number of hydrogen-bond acceptors (Lipinski definition) is 5. The minimum absolute atomic E-state index is 0.213. The van der Waals surface area contributed by atoms with Gasteiger partial charge in [0, 0.05) is 28.4 Å². The van der Waals surface area contributed by atoms with Crippen LogP contribution in [0.1, 0.15) is 17.2 Å². The predicted octanol–water partition coefficient (Wildman–Crippen LogP) is 6.18. The van der Waals surface area contributed by atoms with E-state index in [1.165, 1.54) is 18.5 Å². The van der Waals surface area contributed by atoms with Crippen molar-refractivity contribution in [3.63, 3.8) is 0 Å². The van der Waals surface area contributed by atoms with E-state index < -0.39 is 22.9 Å². The van der Waals surface area contributed by atoms with E-state index in [9.17, 15) is 18.3 Å². The van der Waals surface area contributed by atoms with Crippen molar-refractivity contribution in [1.29, 1.82) is 0 Å². The molecule has 0 aliphatic heterocycles. The standard InChI is InChI=1S/C21H15ClF3N3OS/c22-16-7-12(5-6-15(16)21(23,24)25)17-8-20(28-11-27-17)26-9-18(29)14-10-30-19-4-2-1-3-13(14)19/h1-8,10-11,18,29H,9H2,(H,26,27,28). The van der Waals surface area contributed by atoms with Crippen LogP contribution in [0.15, 0.2) is 60.2 Å². The van der Waals surface area contributed by atoms with Crippen molar-refractivity contribution < 1.29 is 18.3 Å². The van der Waals surface area contributed by atoms with Crippen molar-refractivity contribution >= 4 is 38.8 Å². The lowest BCUT2D eigenvalue weighted by Crippen LogP contribution is -2.12. The summed E-state index contributed by atoms with van der Waals surface area (Å²) in [6.45, 7) is 0.213. The van der Waals surface area contributed by atoms with E-state index in [4.69, 9.17) is 11.6 Å². The summed E-state index contributed by atoms with van der Waals surface area (Å²) in [6, 6.07) is 12.9. The molecule has 0 radical (unpaired) electrons. The number of anilines is 1. The van der Waals surface area contributed by atoms with Gasteiger partial charge in [-0.1, -0.05) is 35.9 Å². The molecule has 1 unspecified atom stereocenters. The first-order chi connectivity index (χ1) is 14.3. The summed E-state index contributed by atoms with van der Waals surface area (Å²) in [6.07, 6.45) is -3.97. The Bertz CT molecular complexity index is 1200. The van der Waals surface area contributed by atoms with Crippen LogP contribution in [-0.2, 0) is 6.18 Å². The highest BCUT2D eigenvalue weighted by atomic mass is 35.5. The van der Waals surface area contributed by atoms with Gasteiger partial charge in [0.25, 0.3) is 0 Å². The molecule has 0 aliphatic carbocycles. The van der Waals surface area contributed by atoms with Crippen LogP contribution in [0.3, 0.4) is 0 Å². The Morgan fingerprint density at radius 3 is 2.67 bits per heavy atom. The quantitative estimate of drug-likeness (QED) is 0.382. The Morgan fingerprint density at radius 2 is 1.90 bits per heavy atom. The van der Waals surface area contributed by atoms with Crippen LogP contribution in [0.5, 0.6) is 0 Å². The molecule has 0 bridgehead atoms. The highest BCUT2D eigenvalue weighted by Crippen LogP contribution is 2.36. The van der Waals surface area contributed by atoms with Gasteiger partial charge in [0.15, 0.2) is 0 Å². The number of alkyl halides is 3. The molecule has 30 heavy (non-hydrogen) atoms. The minimum atomic E-state index is -4.52. The van der Waals surface area contributed by atoms with E-state index in [-0.39, 0.29) is 6.54 Å². The van der Waals surface area contributed by atoms with Gasteiger partial charge in [-0.2, -0.15) is 13.2 Å².